The van der Waals surface area contributed by atoms with Crippen molar-refractivity contribution >= 4 is 11.9 Å². The third-order valence-electron chi connectivity index (χ3n) is 4.14. The minimum atomic E-state index is -0.824. The molecule has 1 amide bonds. The summed E-state index contributed by atoms with van der Waals surface area (Å²) < 4.78 is 11.1. The summed E-state index contributed by atoms with van der Waals surface area (Å²) in [5, 5.41) is 8.86. The Morgan fingerprint density at radius 1 is 1.21 bits per heavy atom. The summed E-state index contributed by atoms with van der Waals surface area (Å²) in [4.78, 5) is 25.1. The molecule has 1 aromatic rings. The highest BCUT2D eigenvalue weighted by molar-refractivity contribution is 5.78. The van der Waals surface area contributed by atoms with E-state index in [1.165, 1.54) is 0 Å². The molecule has 0 aromatic heterocycles. The van der Waals surface area contributed by atoms with Crippen molar-refractivity contribution in [2.75, 3.05) is 19.8 Å². The summed E-state index contributed by atoms with van der Waals surface area (Å²) in [5.41, 5.74) is 0. The maximum atomic E-state index is 12.5. The standard InChI is InChI=1S/C18H25NO5/c1-2-23-15-8-3-4-9-16(15)24-13-17(20)19-12-6-5-7-14(19)10-11-18(21)22/h3-4,8-9,14H,2,5-7,10-13H2,1H3,(H,21,22)/t14-/m1/s1. The first-order valence-electron chi connectivity index (χ1n) is 8.47. The van der Waals surface area contributed by atoms with Crippen LogP contribution in [0, 0.1) is 0 Å². The first kappa shape index (κ1) is 18.1. The number of hydrogen-bond donors (Lipinski definition) is 1. The lowest BCUT2D eigenvalue weighted by Crippen LogP contribution is -2.46. The zero-order valence-electron chi connectivity index (χ0n) is 14.1. The molecule has 24 heavy (non-hydrogen) atoms. The Kier molecular flexibility index (Phi) is 6.90. The second kappa shape index (κ2) is 9.15. The number of carboxylic acids is 1. The third kappa shape index (κ3) is 5.15. The molecule has 0 radical (unpaired) electrons. The van der Waals surface area contributed by atoms with Crippen molar-refractivity contribution in [2.24, 2.45) is 0 Å². The summed E-state index contributed by atoms with van der Waals surface area (Å²) in [7, 11) is 0. The van der Waals surface area contributed by atoms with Gasteiger partial charge in [0, 0.05) is 19.0 Å². The van der Waals surface area contributed by atoms with Crippen LogP contribution in [0.1, 0.15) is 39.0 Å². The van der Waals surface area contributed by atoms with Crippen molar-refractivity contribution in [1.29, 1.82) is 0 Å². The fourth-order valence-electron chi connectivity index (χ4n) is 2.99. The second-order valence-corrected chi connectivity index (χ2v) is 5.84. The van der Waals surface area contributed by atoms with E-state index in [9.17, 15) is 9.59 Å². The van der Waals surface area contributed by atoms with Gasteiger partial charge in [-0.2, -0.15) is 0 Å². The molecule has 1 atom stereocenters. The van der Waals surface area contributed by atoms with E-state index in [1.807, 2.05) is 19.1 Å². The molecule has 0 bridgehead atoms. The summed E-state index contributed by atoms with van der Waals surface area (Å²) in [6.45, 7) is 3.02. The predicted molar refractivity (Wildman–Crippen MR) is 89.3 cm³/mol. The van der Waals surface area contributed by atoms with Crippen LogP contribution in [0.25, 0.3) is 0 Å². The quantitative estimate of drug-likeness (QED) is 0.790. The second-order valence-electron chi connectivity index (χ2n) is 5.84. The molecule has 1 heterocycles. The Morgan fingerprint density at radius 3 is 2.58 bits per heavy atom. The molecule has 6 nitrogen and oxygen atoms in total. The number of carbonyl (C=O) groups excluding carboxylic acids is 1. The summed E-state index contributed by atoms with van der Waals surface area (Å²) in [6, 6.07) is 7.26. The van der Waals surface area contributed by atoms with Crippen LogP contribution in [-0.4, -0.2) is 47.7 Å². The van der Waals surface area contributed by atoms with E-state index in [-0.39, 0.29) is 25.0 Å². The van der Waals surface area contributed by atoms with Crippen molar-refractivity contribution < 1.29 is 24.2 Å². The molecule has 0 saturated carbocycles. The molecule has 1 aliphatic heterocycles. The van der Waals surface area contributed by atoms with Crippen LogP contribution >= 0.6 is 0 Å². The minimum absolute atomic E-state index is 0.00640. The van der Waals surface area contributed by atoms with Crippen LogP contribution in [0.4, 0.5) is 0 Å². The number of rotatable bonds is 8. The molecule has 1 fully saturated rings. The number of benzene rings is 1. The van der Waals surface area contributed by atoms with Gasteiger partial charge >= 0.3 is 5.97 Å². The van der Waals surface area contributed by atoms with Gasteiger partial charge in [0.25, 0.3) is 5.91 Å². The van der Waals surface area contributed by atoms with Crippen LogP contribution < -0.4 is 9.47 Å². The van der Waals surface area contributed by atoms with Gasteiger partial charge in [-0.15, -0.1) is 0 Å². The highest BCUT2D eigenvalue weighted by atomic mass is 16.5. The van der Waals surface area contributed by atoms with Gasteiger partial charge in [0.1, 0.15) is 0 Å². The molecular formula is C18H25NO5. The van der Waals surface area contributed by atoms with Crippen LogP contribution in [-0.2, 0) is 9.59 Å². The maximum Gasteiger partial charge on any atom is 0.303 e. The van der Waals surface area contributed by atoms with E-state index in [1.54, 1.807) is 17.0 Å². The van der Waals surface area contributed by atoms with E-state index < -0.39 is 5.97 Å². The van der Waals surface area contributed by atoms with Gasteiger partial charge in [0.05, 0.1) is 6.61 Å². The summed E-state index contributed by atoms with van der Waals surface area (Å²) in [6.07, 6.45) is 3.42. The smallest absolute Gasteiger partial charge is 0.303 e. The third-order valence-corrected chi connectivity index (χ3v) is 4.14. The average molecular weight is 335 g/mol. The topological polar surface area (TPSA) is 76.1 Å². The molecular weight excluding hydrogens is 310 g/mol. The van der Waals surface area contributed by atoms with Crippen LogP contribution in [0.15, 0.2) is 24.3 Å². The number of para-hydroxylation sites is 2. The highest BCUT2D eigenvalue weighted by Crippen LogP contribution is 2.27. The van der Waals surface area contributed by atoms with E-state index in [0.717, 1.165) is 19.3 Å². The zero-order chi connectivity index (χ0) is 17.4. The molecule has 6 heteroatoms. The van der Waals surface area contributed by atoms with Gasteiger partial charge in [-0.05, 0) is 44.7 Å². The van der Waals surface area contributed by atoms with Gasteiger partial charge in [-0.1, -0.05) is 12.1 Å². The Labute approximate surface area is 142 Å². The predicted octanol–water partition coefficient (Wildman–Crippen LogP) is 2.71. The zero-order valence-corrected chi connectivity index (χ0v) is 14.1. The number of likely N-dealkylation sites (tertiary alicyclic amines) is 1. The lowest BCUT2D eigenvalue weighted by atomic mass is 9.98. The van der Waals surface area contributed by atoms with E-state index >= 15 is 0 Å². The van der Waals surface area contributed by atoms with Crippen molar-refractivity contribution in [3.05, 3.63) is 24.3 Å². The number of piperidine rings is 1. The largest absolute Gasteiger partial charge is 0.490 e. The molecule has 1 aromatic carbocycles. The Bertz CT molecular complexity index is 560. The molecule has 132 valence electrons. The summed E-state index contributed by atoms with van der Waals surface area (Å²) in [5.74, 6) is 0.243. The van der Waals surface area contributed by atoms with Gasteiger partial charge in [-0.25, -0.2) is 0 Å². The van der Waals surface area contributed by atoms with Gasteiger partial charge in [0.2, 0.25) is 0 Å². The highest BCUT2D eigenvalue weighted by Gasteiger charge is 2.27. The number of aliphatic carboxylic acids is 1. The molecule has 0 spiro atoms. The van der Waals surface area contributed by atoms with Gasteiger partial charge < -0.3 is 19.5 Å². The Morgan fingerprint density at radius 2 is 1.92 bits per heavy atom. The number of nitrogens with zero attached hydrogens (tertiary/aromatic N) is 1. The van der Waals surface area contributed by atoms with E-state index in [0.29, 0.717) is 31.1 Å². The number of hydrogen-bond acceptors (Lipinski definition) is 4. The lowest BCUT2D eigenvalue weighted by Gasteiger charge is -2.35. The normalized spacial score (nSPS) is 17.4. The van der Waals surface area contributed by atoms with Crippen LogP contribution in [0.5, 0.6) is 11.5 Å². The minimum Gasteiger partial charge on any atom is -0.490 e. The van der Waals surface area contributed by atoms with Crippen molar-refractivity contribution in [1.82, 2.24) is 4.90 Å². The van der Waals surface area contributed by atoms with Crippen molar-refractivity contribution in [3.8, 4) is 11.5 Å². The summed E-state index contributed by atoms with van der Waals surface area (Å²) >= 11 is 0. The first-order valence-corrected chi connectivity index (χ1v) is 8.47. The van der Waals surface area contributed by atoms with E-state index in [4.69, 9.17) is 14.6 Å². The number of ether oxygens (including phenoxy) is 2. The van der Waals surface area contributed by atoms with Crippen molar-refractivity contribution in [3.63, 3.8) is 0 Å². The van der Waals surface area contributed by atoms with Crippen molar-refractivity contribution in [2.45, 2.75) is 45.1 Å². The SMILES string of the molecule is CCOc1ccccc1OCC(=O)N1CCCC[C@@H]1CCC(=O)O. The average Bonchev–Trinajstić information content (AvgIpc) is 2.59. The van der Waals surface area contributed by atoms with Crippen LogP contribution in [0.2, 0.25) is 0 Å². The fourth-order valence-corrected chi connectivity index (χ4v) is 2.99. The maximum absolute atomic E-state index is 12.5. The van der Waals surface area contributed by atoms with Crippen LogP contribution in [0.3, 0.4) is 0 Å². The molecule has 1 N–H and O–H groups in total. The Balaban J connectivity index is 1.93. The number of amides is 1. The molecule has 0 aliphatic carbocycles. The number of carboxylic acid groups (broad SMARTS) is 1. The van der Waals surface area contributed by atoms with Gasteiger partial charge in [-0.3, -0.25) is 9.59 Å². The monoisotopic (exact) mass is 335 g/mol. The number of carbonyl (C=O) groups is 2. The fraction of sp³-hybridized carbons (Fsp3) is 0.556. The van der Waals surface area contributed by atoms with E-state index in [2.05, 4.69) is 0 Å². The molecule has 2 rings (SSSR count). The lowest BCUT2D eigenvalue weighted by molar-refractivity contribution is -0.141. The van der Waals surface area contributed by atoms with Gasteiger partial charge in [0.15, 0.2) is 18.1 Å². The molecule has 1 saturated heterocycles. The molecule has 0 unspecified atom stereocenters. The molecule has 1 aliphatic rings. The first-order chi connectivity index (χ1) is 11.6. The Hall–Kier alpha value is -2.24.